The van der Waals surface area contributed by atoms with Crippen LogP contribution in [0, 0.1) is 0 Å². The van der Waals surface area contributed by atoms with Crippen molar-refractivity contribution in [1.29, 1.82) is 0 Å². The maximum atomic E-state index is 18.9. The molecule has 16 rings (SSSR count). The van der Waals surface area contributed by atoms with E-state index in [0.717, 1.165) is 94.8 Å². The van der Waals surface area contributed by atoms with E-state index in [2.05, 4.69) is 367 Å². The molecule has 6 nitrogen and oxygen atoms in total. The zero-order valence-corrected chi connectivity index (χ0v) is 62.4. The van der Waals surface area contributed by atoms with E-state index in [1.165, 1.54) is 65.7 Å². The van der Waals surface area contributed by atoms with Crippen molar-refractivity contribution in [2.24, 2.45) is 0 Å². The Hall–Kier alpha value is -8.96. The van der Waals surface area contributed by atoms with Crippen LogP contribution in [0.25, 0.3) is 82.5 Å². The first-order chi connectivity index (χ1) is 45.8. The first-order valence-corrected chi connectivity index (χ1v) is 39.7. The molecule has 97 heavy (non-hydrogen) atoms. The standard InChI is InChI=1S/C90H90N5.O.Sb/c1-85(2,3)58-35-41-73-74-42-36-59(86(4,5)6)48-80(74)93(79(73)47-58)68-33-25-31-66(53-68)91(64-27-21-19-22-28-64)70-55-71(57-72(56-70)95-83-51-62(89(13,14)15)39-45-77(83)78-46-40-63(52-84(78)95)90(16,17)18)92(65-29-23-20-24-30-65)67-32-26-34-69(54-67)94-81-49-60(87(7,8)9)37-43-75(81)76-44-38-61(50-82(76)94)88(10,11)12;;/h19-30,33-54,56-57H,1-18H3;;. The van der Waals surface area contributed by atoms with Crippen molar-refractivity contribution in [3.05, 3.63) is 252 Å². The molecule has 11 aromatic carbocycles. The van der Waals surface area contributed by atoms with Crippen molar-refractivity contribution >= 4 is 129 Å². The van der Waals surface area contributed by atoms with E-state index in [1.807, 2.05) is 0 Å². The second kappa shape index (κ2) is 21.3. The van der Waals surface area contributed by atoms with Gasteiger partial charge in [0.1, 0.15) is 0 Å². The average molecular weight is 1380 g/mol. The molecule has 0 aliphatic carbocycles. The van der Waals surface area contributed by atoms with Crippen LogP contribution in [0.5, 0.6) is 0 Å². The number of rotatable bonds is 5. The molecule has 7 heteroatoms. The molecule has 5 heterocycles. The average Bonchev–Trinajstić information content (AvgIpc) is 0.988. The van der Waals surface area contributed by atoms with Crippen LogP contribution in [0.2, 0.25) is 0 Å². The zero-order chi connectivity index (χ0) is 68.2. The molecule has 2 aliphatic heterocycles. The molecule has 0 atom stereocenters. The molecule has 14 aromatic rings. The third-order valence-corrected chi connectivity index (χ3v) is 30.4. The third kappa shape index (κ3) is 9.83. The molecule has 0 N–H and O–H groups in total. The Morgan fingerprint density at radius 2 is 0.474 bits per heavy atom. The number of hydrogen-bond acceptors (Lipinski definition) is 3. The summed E-state index contributed by atoms with van der Waals surface area (Å²) in [4.78, 5) is 4.94. The van der Waals surface area contributed by atoms with Gasteiger partial charge in [-0.15, -0.1) is 0 Å². The minimum atomic E-state index is -5.46. The van der Waals surface area contributed by atoms with Gasteiger partial charge in [0.15, 0.2) is 0 Å². The molecule has 0 saturated carbocycles. The maximum absolute atomic E-state index is 18.9. The summed E-state index contributed by atoms with van der Waals surface area (Å²) in [6.07, 6.45) is 0. The Kier molecular flexibility index (Phi) is 13.8. The quantitative estimate of drug-likeness (QED) is 0.161. The minimum absolute atomic E-state index is 0.0960. The molecule has 0 radical (unpaired) electrons. The Morgan fingerprint density at radius 1 is 0.237 bits per heavy atom. The van der Waals surface area contributed by atoms with Crippen LogP contribution in [-0.2, 0) is 35.5 Å². The molecule has 0 amide bonds. The van der Waals surface area contributed by atoms with Crippen LogP contribution in [0.4, 0.5) is 34.1 Å². The SMILES string of the molecule is CC(C)(C)c1ccc2c3ccc(C(C)(C)C)cc3n(-c3cc[c]4c(c3)N(c3ccccc3)c3cc(-n5c6cc(C(C)(C)C)ccc6c6ccc(C(C)(C)C)cc65)cc5[c]3[Sb]4(=[O])[c]3ccc(-n4c6cc(C(C)(C)C)ccc6c6ccc(C(C)(C)C)cc64)cc3N5c3ccccc3)c2c1. The Morgan fingerprint density at radius 3 is 0.722 bits per heavy atom. The predicted molar refractivity (Wildman–Crippen MR) is 416 cm³/mol. The zero-order valence-electron chi connectivity index (χ0n) is 59.9. The van der Waals surface area contributed by atoms with E-state index in [9.17, 15) is 0 Å². The van der Waals surface area contributed by atoms with Gasteiger partial charge in [0.2, 0.25) is 0 Å². The van der Waals surface area contributed by atoms with Crippen molar-refractivity contribution in [2.45, 2.75) is 157 Å². The second-order valence-corrected chi connectivity index (χ2v) is 41.5. The Balaban J connectivity index is 1.07. The van der Waals surface area contributed by atoms with Gasteiger partial charge < -0.3 is 0 Å². The van der Waals surface area contributed by atoms with E-state index < -0.39 is 18.8 Å². The summed E-state index contributed by atoms with van der Waals surface area (Å²) in [5.41, 5.74) is 22.6. The number of benzene rings is 11. The molecule has 0 unspecified atom stereocenters. The van der Waals surface area contributed by atoms with Gasteiger partial charge in [-0.1, -0.05) is 0 Å². The van der Waals surface area contributed by atoms with Gasteiger partial charge in [-0.05, 0) is 0 Å². The van der Waals surface area contributed by atoms with Crippen molar-refractivity contribution < 1.29 is 3.02 Å². The normalized spacial score (nSPS) is 14.4. The van der Waals surface area contributed by atoms with E-state index >= 15 is 3.02 Å². The van der Waals surface area contributed by atoms with E-state index in [0.29, 0.717) is 0 Å². The number of fused-ring (bicyclic) bond motifs is 13. The predicted octanol–water partition coefficient (Wildman–Crippen LogP) is 22.7. The summed E-state index contributed by atoms with van der Waals surface area (Å²) in [6, 6.07) is 83.0. The second-order valence-electron chi connectivity index (χ2n) is 34.0. The third-order valence-electron chi connectivity index (χ3n) is 21.2. The molecular weight excluding hydrogens is 1290 g/mol. The number of nitrogens with zero attached hydrogens (tertiary/aromatic N) is 5. The van der Waals surface area contributed by atoms with Crippen LogP contribution in [0.15, 0.2) is 218 Å². The molecule has 486 valence electrons. The van der Waals surface area contributed by atoms with Gasteiger partial charge in [-0.2, -0.15) is 0 Å². The number of anilines is 6. The van der Waals surface area contributed by atoms with Crippen LogP contribution in [0.1, 0.15) is 158 Å². The monoisotopic (exact) mass is 1380 g/mol. The summed E-state index contributed by atoms with van der Waals surface area (Å²) in [5.74, 6) is 0. The van der Waals surface area contributed by atoms with E-state index in [1.54, 1.807) is 0 Å². The van der Waals surface area contributed by atoms with Gasteiger partial charge in [0.05, 0.1) is 0 Å². The fourth-order valence-electron chi connectivity index (χ4n) is 15.6. The van der Waals surface area contributed by atoms with Crippen molar-refractivity contribution in [1.82, 2.24) is 13.7 Å². The number of aromatic nitrogens is 3. The topological polar surface area (TPSA) is 38.3 Å². The van der Waals surface area contributed by atoms with Gasteiger partial charge in [0.25, 0.3) is 0 Å². The summed E-state index contributed by atoms with van der Waals surface area (Å²) >= 11 is -5.46. The van der Waals surface area contributed by atoms with E-state index in [4.69, 9.17) is 0 Å². The summed E-state index contributed by atoms with van der Waals surface area (Å²) in [6.45, 7) is 41.6. The fraction of sp³-hybridized carbons (Fsp3) is 0.267. The number of hydrogen-bond donors (Lipinski definition) is 0. The van der Waals surface area contributed by atoms with Crippen molar-refractivity contribution in [3.8, 4) is 17.1 Å². The summed E-state index contributed by atoms with van der Waals surface area (Å²) in [7, 11) is 0. The Bertz CT molecular complexity index is 5190. The molecule has 0 saturated heterocycles. The Labute approximate surface area is 577 Å². The summed E-state index contributed by atoms with van der Waals surface area (Å²) in [5, 5.41) is 7.23. The molecular formula is C90H90N5OSb. The van der Waals surface area contributed by atoms with Crippen molar-refractivity contribution in [2.75, 3.05) is 9.80 Å². The molecule has 0 bridgehead atoms. The fourth-order valence-corrected chi connectivity index (χ4v) is 24.9. The molecule has 0 fully saturated rings. The van der Waals surface area contributed by atoms with Crippen LogP contribution in [0.3, 0.4) is 0 Å². The molecule has 0 spiro atoms. The van der Waals surface area contributed by atoms with Crippen LogP contribution in [-0.4, -0.2) is 32.5 Å². The van der Waals surface area contributed by atoms with Crippen molar-refractivity contribution in [3.63, 3.8) is 0 Å². The van der Waals surface area contributed by atoms with Crippen LogP contribution < -0.4 is 20.3 Å². The first kappa shape index (κ1) is 62.8. The first-order valence-electron chi connectivity index (χ1n) is 34.8. The summed E-state index contributed by atoms with van der Waals surface area (Å²) < 4.78 is 29.1. The van der Waals surface area contributed by atoms with E-state index in [-0.39, 0.29) is 32.5 Å². The molecule has 2 aliphatic rings. The number of para-hydroxylation sites is 2. The van der Waals surface area contributed by atoms with Gasteiger partial charge in [-0.3, -0.25) is 0 Å². The van der Waals surface area contributed by atoms with Gasteiger partial charge >= 0.3 is 581 Å². The van der Waals surface area contributed by atoms with Gasteiger partial charge in [0, 0.05) is 0 Å². The van der Waals surface area contributed by atoms with Gasteiger partial charge in [-0.25, -0.2) is 0 Å². The molecule has 3 aromatic heterocycles. The van der Waals surface area contributed by atoms with Crippen LogP contribution >= 0.6 is 0 Å².